The van der Waals surface area contributed by atoms with Crippen LogP contribution in [0.3, 0.4) is 0 Å². The van der Waals surface area contributed by atoms with Crippen molar-refractivity contribution in [3.05, 3.63) is 42.0 Å². The minimum absolute atomic E-state index is 0.120. The van der Waals surface area contributed by atoms with Gasteiger partial charge in [0, 0.05) is 12.5 Å². The molecule has 0 radical (unpaired) electrons. The van der Waals surface area contributed by atoms with Crippen LogP contribution in [0.4, 0.5) is 0 Å². The average Bonchev–Trinajstić information content (AvgIpc) is 2.61. The molecule has 0 bridgehead atoms. The third-order valence-corrected chi connectivity index (χ3v) is 2.00. The fourth-order valence-electron chi connectivity index (χ4n) is 1.40. The molecule has 72 valence electrons. The smallest absolute Gasteiger partial charge is 0.191 e. The molecular formula is C11H11NO2. The van der Waals surface area contributed by atoms with Crippen molar-refractivity contribution in [3.8, 4) is 11.3 Å². The molecule has 1 N–H and O–H groups in total. The fraction of sp³-hybridized carbons (Fsp3) is 0.182. The number of benzene rings is 1. The molecule has 0 saturated carbocycles. The second kappa shape index (κ2) is 3.64. The highest BCUT2D eigenvalue weighted by molar-refractivity contribution is 5.60. The Kier molecular flexibility index (Phi) is 2.33. The summed E-state index contributed by atoms with van der Waals surface area (Å²) >= 11 is 0. The lowest BCUT2D eigenvalue weighted by Crippen LogP contribution is -1.84. The Bertz CT molecular complexity index is 420. The zero-order valence-electron chi connectivity index (χ0n) is 7.90. The molecule has 0 fully saturated rings. The van der Waals surface area contributed by atoms with Gasteiger partial charge >= 0.3 is 0 Å². The third-order valence-electron chi connectivity index (χ3n) is 2.00. The van der Waals surface area contributed by atoms with E-state index in [-0.39, 0.29) is 6.61 Å². The Balaban J connectivity index is 2.51. The van der Waals surface area contributed by atoms with Gasteiger partial charge in [0.25, 0.3) is 0 Å². The molecule has 3 nitrogen and oxygen atoms in total. The highest BCUT2D eigenvalue weighted by atomic mass is 16.4. The SMILES string of the molecule is Cc1nc(-c2ccccc2)c(CO)o1. The van der Waals surface area contributed by atoms with Gasteiger partial charge in [0.1, 0.15) is 12.3 Å². The number of rotatable bonds is 2. The summed E-state index contributed by atoms with van der Waals surface area (Å²) in [6.45, 7) is 1.65. The van der Waals surface area contributed by atoms with E-state index in [1.807, 2.05) is 30.3 Å². The number of hydrogen-bond donors (Lipinski definition) is 1. The second-order valence-electron chi connectivity index (χ2n) is 3.03. The predicted octanol–water partition coefficient (Wildman–Crippen LogP) is 2.14. The van der Waals surface area contributed by atoms with Crippen molar-refractivity contribution in [2.45, 2.75) is 13.5 Å². The minimum atomic E-state index is -0.120. The van der Waals surface area contributed by atoms with E-state index < -0.39 is 0 Å². The Morgan fingerprint density at radius 3 is 2.64 bits per heavy atom. The zero-order valence-corrected chi connectivity index (χ0v) is 7.90. The van der Waals surface area contributed by atoms with Crippen LogP contribution in [0.5, 0.6) is 0 Å². The molecular weight excluding hydrogens is 178 g/mol. The van der Waals surface area contributed by atoms with E-state index in [4.69, 9.17) is 9.52 Å². The Hall–Kier alpha value is -1.61. The van der Waals surface area contributed by atoms with Gasteiger partial charge in [-0.2, -0.15) is 0 Å². The monoisotopic (exact) mass is 189 g/mol. The van der Waals surface area contributed by atoms with Crippen LogP contribution in [0.15, 0.2) is 34.7 Å². The molecule has 2 rings (SSSR count). The molecule has 0 amide bonds. The number of aryl methyl sites for hydroxylation is 1. The quantitative estimate of drug-likeness (QED) is 0.787. The summed E-state index contributed by atoms with van der Waals surface area (Å²) in [6.07, 6.45) is 0. The van der Waals surface area contributed by atoms with E-state index in [0.717, 1.165) is 11.3 Å². The molecule has 2 aromatic rings. The highest BCUT2D eigenvalue weighted by Gasteiger charge is 2.10. The van der Waals surface area contributed by atoms with Gasteiger partial charge in [-0.3, -0.25) is 0 Å². The maximum absolute atomic E-state index is 9.06. The van der Waals surface area contributed by atoms with E-state index >= 15 is 0 Å². The number of aliphatic hydroxyl groups is 1. The van der Waals surface area contributed by atoms with E-state index in [1.165, 1.54) is 0 Å². The lowest BCUT2D eigenvalue weighted by atomic mass is 10.1. The first-order valence-electron chi connectivity index (χ1n) is 4.44. The summed E-state index contributed by atoms with van der Waals surface area (Å²) in [6, 6.07) is 9.68. The Labute approximate surface area is 82.0 Å². The fourth-order valence-corrected chi connectivity index (χ4v) is 1.40. The van der Waals surface area contributed by atoms with Crippen LogP contribution in [0.1, 0.15) is 11.7 Å². The third kappa shape index (κ3) is 1.54. The standard InChI is InChI=1S/C11H11NO2/c1-8-12-11(10(7-13)14-8)9-5-3-2-4-6-9/h2-6,13H,7H2,1H3. The molecule has 14 heavy (non-hydrogen) atoms. The molecule has 1 aromatic heterocycles. The maximum atomic E-state index is 9.06. The molecule has 0 aliphatic heterocycles. The van der Waals surface area contributed by atoms with Crippen molar-refractivity contribution >= 4 is 0 Å². The average molecular weight is 189 g/mol. The van der Waals surface area contributed by atoms with Crippen molar-refractivity contribution < 1.29 is 9.52 Å². The summed E-state index contributed by atoms with van der Waals surface area (Å²) in [5.74, 6) is 1.10. The number of aliphatic hydroxyl groups excluding tert-OH is 1. The van der Waals surface area contributed by atoms with E-state index in [1.54, 1.807) is 6.92 Å². The highest BCUT2D eigenvalue weighted by Crippen LogP contribution is 2.23. The van der Waals surface area contributed by atoms with Crippen LogP contribution in [0.2, 0.25) is 0 Å². The van der Waals surface area contributed by atoms with Crippen molar-refractivity contribution in [3.63, 3.8) is 0 Å². The summed E-state index contributed by atoms with van der Waals surface area (Å²) in [4.78, 5) is 4.23. The summed E-state index contributed by atoms with van der Waals surface area (Å²) in [7, 11) is 0. The van der Waals surface area contributed by atoms with Gasteiger partial charge in [0.2, 0.25) is 0 Å². The summed E-state index contributed by atoms with van der Waals surface area (Å²) in [5, 5.41) is 9.06. The van der Waals surface area contributed by atoms with E-state index in [0.29, 0.717) is 11.7 Å². The number of hydrogen-bond acceptors (Lipinski definition) is 3. The lowest BCUT2D eigenvalue weighted by molar-refractivity contribution is 0.245. The number of aromatic nitrogens is 1. The van der Waals surface area contributed by atoms with Crippen molar-refractivity contribution in [2.75, 3.05) is 0 Å². The van der Waals surface area contributed by atoms with Gasteiger partial charge in [0.05, 0.1) is 0 Å². The molecule has 0 aliphatic rings. The van der Waals surface area contributed by atoms with Crippen LogP contribution in [0, 0.1) is 6.92 Å². The lowest BCUT2D eigenvalue weighted by Gasteiger charge is -1.96. The number of oxazole rings is 1. The van der Waals surface area contributed by atoms with Gasteiger partial charge in [-0.05, 0) is 0 Å². The molecule has 0 saturated heterocycles. The van der Waals surface area contributed by atoms with Crippen molar-refractivity contribution in [2.24, 2.45) is 0 Å². The van der Waals surface area contributed by atoms with Crippen LogP contribution in [-0.4, -0.2) is 10.1 Å². The molecule has 3 heteroatoms. The first-order chi connectivity index (χ1) is 6.81. The molecule has 0 spiro atoms. The van der Waals surface area contributed by atoms with E-state index in [9.17, 15) is 0 Å². The van der Waals surface area contributed by atoms with Gasteiger partial charge in [-0.15, -0.1) is 0 Å². The molecule has 0 aliphatic carbocycles. The number of nitrogens with zero attached hydrogens (tertiary/aromatic N) is 1. The van der Waals surface area contributed by atoms with Crippen LogP contribution >= 0.6 is 0 Å². The van der Waals surface area contributed by atoms with Gasteiger partial charge < -0.3 is 9.52 Å². The topological polar surface area (TPSA) is 46.3 Å². The maximum Gasteiger partial charge on any atom is 0.191 e. The van der Waals surface area contributed by atoms with E-state index in [2.05, 4.69) is 4.98 Å². The Morgan fingerprint density at radius 1 is 1.29 bits per heavy atom. The van der Waals surface area contributed by atoms with Gasteiger partial charge in [-0.1, -0.05) is 30.3 Å². The van der Waals surface area contributed by atoms with Crippen LogP contribution in [0.25, 0.3) is 11.3 Å². The Morgan fingerprint density at radius 2 is 2.00 bits per heavy atom. The van der Waals surface area contributed by atoms with Gasteiger partial charge in [-0.25, -0.2) is 4.98 Å². The largest absolute Gasteiger partial charge is 0.443 e. The molecule has 0 unspecified atom stereocenters. The first kappa shape index (κ1) is 8.97. The predicted molar refractivity (Wildman–Crippen MR) is 52.6 cm³/mol. The molecule has 0 atom stereocenters. The summed E-state index contributed by atoms with van der Waals surface area (Å²) in [5.41, 5.74) is 1.69. The first-order valence-corrected chi connectivity index (χ1v) is 4.44. The molecule has 1 heterocycles. The molecule has 1 aromatic carbocycles. The van der Waals surface area contributed by atoms with Gasteiger partial charge in [0.15, 0.2) is 11.7 Å². The minimum Gasteiger partial charge on any atom is -0.443 e. The van der Waals surface area contributed by atoms with Crippen molar-refractivity contribution in [1.29, 1.82) is 0 Å². The van der Waals surface area contributed by atoms with Crippen molar-refractivity contribution in [1.82, 2.24) is 4.98 Å². The normalized spacial score (nSPS) is 10.4. The van der Waals surface area contributed by atoms with Crippen LogP contribution in [-0.2, 0) is 6.61 Å². The summed E-state index contributed by atoms with van der Waals surface area (Å²) < 4.78 is 5.26. The zero-order chi connectivity index (χ0) is 9.97. The second-order valence-corrected chi connectivity index (χ2v) is 3.03. The van der Waals surface area contributed by atoms with Crippen LogP contribution < -0.4 is 0 Å².